The smallest absolute Gasteiger partial charge is 0.0447 e. The molecule has 0 unspecified atom stereocenters. The molecule has 1 nitrogen and oxygen atoms in total. The monoisotopic (exact) mass is 769 g/mol. The quantitative estimate of drug-likeness (QED) is 0.162. The Morgan fingerprint density at radius 3 is 1.48 bits per heavy atom. The molecule has 2 aliphatic carbocycles. The highest BCUT2D eigenvalue weighted by Gasteiger charge is 2.37. The maximum absolute atomic E-state index is 2.51. The van der Waals surface area contributed by atoms with E-state index in [4.69, 9.17) is 0 Å². The minimum absolute atomic E-state index is 0.0683. The van der Waals surface area contributed by atoms with Crippen LogP contribution in [-0.4, -0.2) is 7.05 Å². The number of benzene rings is 9. The minimum atomic E-state index is -0.0973. The number of nitrogens with zero attached hydrogens (tertiary/aromatic N) is 1. The molecule has 0 amide bonds. The third-order valence-electron chi connectivity index (χ3n) is 14.6. The molecule has 1 heterocycles. The van der Waals surface area contributed by atoms with Crippen molar-refractivity contribution in [1.82, 2.24) is 0 Å². The van der Waals surface area contributed by atoms with E-state index >= 15 is 0 Å². The Hall–Kier alpha value is -6.70. The van der Waals surface area contributed by atoms with Crippen molar-refractivity contribution in [2.24, 2.45) is 0 Å². The zero-order valence-electron chi connectivity index (χ0n) is 35.0. The predicted molar refractivity (Wildman–Crippen MR) is 255 cm³/mol. The van der Waals surface area contributed by atoms with Gasteiger partial charge in [0.1, 0.15) is 0 Å². The van der Waals surface area contributed by atoms with E-state index in [-0.39, 0.29) is 10.8 Å². The van der Waals surface area contributed by atoms with E-state index in [0.717, 1.165) is 12.8 Å². The highest BCUT2D eigenvalue weighted by atomic mass is 15.1. The van der Waals surface area contributed by atoms with Crippen LogP contribution in [0.4, 0.5) is 11.4 Å². The number of fused-ring (bicyclic) bond motifs is 10. The third-order valence-corrected chi connectivity index (χ3v) is 14.6. The van der Waals surface area contributed by atoms with Crippen LogP contribution >= 0.6 is 0 Å². The van der Waals surface area contributed by atoms with Gasteiger partial charge in [-0.15, -0.1) is 0 Å². The van der Waals surface area contributed by atoms with E-state index in [1.165, 1.54) is 122 Å². The van der Waals surface area contributed by atoms with Crippen molar-refractivity contribution in [3.63, 3.8) is 0 Å². The molecule has 0 radical (unpaired) electrons. The van der Waals surface area contributed by atoms with Crippen molar-refractivity contribution in [3.8, 4) is 55.6 Å². The normalized spacial score (nSPS) is 15.2. The van der Waals surface area contributed by atoms with E-state index in [0.29, 0.717) is 0 Å². The van der Waals surface area contributed by atoms with Crippen molar-refractivity contribution in [2.75, 3.05) is 11.9 Å². The molecular formula is C59H47N. The van der Waals surface area contributed by atoms with Gasteiger partial charge < -0.3 is 4.90 Å². The number of para-hydroxylation sites is 1. The molecule has 9 aromatic rings. The van der Waals surface area contributed by atoms with E-state index in [1.54, 1.807) is 0 Å². The summed E-state index contributed by atoms with van der Waals surface area (Å²) < 4.78 is 0. The maximum Gasteiger partial charge on any atom is 0.0447 e. The molecule has 288 valence electrons. The van der Waals surface area contributed by atoms with Crippen LogP contribution in [-0.2, 0) is 23.7 Å². The summed E-state index contributed by atoms with van der Waals surface area (Å²) in [5.41, 5.74) is 23.9. The third kappa shape index (κ3) is 4.93. The van der Waals surface area contributed by atoms with E-state index in [1.807, 2.05) is 0 Å². The Morgan fingerprint density at radius 1 is 0.350 bits per heavy atom. The van der Waals surface area contributed by atoms with Crippen molar-refractivity contribution >= 4 is 32.9 Å². The molecule has 1 heteroatoms. The first kappa shape index (κ1) is 35.3. The van der Waals surface area contributed by atoms with Gasteiger partial charge in [-0.3, -0.25) is 0 Å². The van der Waals surface area contributed by atoms with Gasteiger partial charge in [0.25, 0.3) is 0 Å². The zero-order valence-corrected chi connectivity index (χ0v) is 35.0. The Morgan fingerprint density at radius 2 is 0.800 bits per heavy atom. The van der Waals surface area contributed by atoms with Crippen LogP contribution < -0.4 is 4.90 Å². The minimum Gasteiger partial charge on any atom is -0.344 e. The lowest BCUT2D eigenvalue weighted by molar-refractivity contribution is 0.660. The molecule has 12 rings (SSSR count). The lowest BCUT2D eigenvalue weighted by Crippen LogP contribution is -2.15. The van der Waals surface area contributed by atoms with Crippen LogP contribution in [0.25, 0.3) is 77.2 Å². The van der Waals surface area contributed by atoms with Crippen LogP contribution in [0.5, 0.6) is 0 Å². The fourth-order valence-corrected chi connectivity index (χ4v) is 11.4. The SMILES string of the molecule is CN1c2ccccc2CCc2ccc(-c3c4ccccc4c(-c4ccc5c(c4)C(C)(C)c4ccccc4-5)c4cc(-c5ccc6c(c5)C(C)(C)c5ccccc5-6)ccc34)cc21. The first-order chi connectivity index (χ1) is 29.2. The summed E-state index contributed by atoms with van der Waals surface area (Å²) in [5, 5.41) is 5.13. The summed E-state index contributed by atoms with van der Waals surface area (Å²) >= 11 is 0. The molecule has 0 bridgehead atoms. The van der Waals surface area contributed by atoms with Gasteiger partial charge in [-0.05, 0) is 154 Å². The van der Waals surface area contributed by atoms with Gasteiger partial charge in [0.05, 0.1) is 0 Å². The largest absolute Gasteiger partial charge is 0.344 e. The number of aryl methyl sites for hydroxylation is 2. The summed E-state index contributed by atoms with van der Waals surface area (Å²) in [6.07, 6.45) is 2.08. The molecule has 0 fully saturated rings. The molecule has 0 aromatic heterocycles. The van der Waals surface area contributed by atoms with E-state index in [9.17, 15) is 0 Å². The molecule has 0 atom stereocenters. The van der Waals surface area contributed by atoms with Crippen LogP contribution in [0.3, 0.4) is 0 Å². The molecule has 9 aromatic carbocycles. The van der Waals surface area contributed by atoms with Gasteiger partial charge in [0, 0.05) is 29.3 Å². The molecule has 0 saturated heterocycles. The summed E-state index contributed by atoms with van der Waals surface area (Å²) in [6, 6.07) is 64.9. The molecular weight excluding hydrogens is 723 g/mol. The second-order valence-corrected chi connectivity index (χ2v) is 18.4. The standard InChI is InChI=1S/C59H47N/c1-58(2)50-19-11-9-15-42(50)44-29-26-39(33-52(44)58)38-27-31-48-49(32-38)57(40-28-30-45-43-16-10-12-20-51(43)59(3,4)53(45)34-40)47-18-8-7-17-46(47)56(48)41-25-24-37-23-22-36-14-6-13-21-54(36)60(5)55(37)35-41/h6-21,24-35H,22-23H2,1-5H3. The highest BCUT2D eigenvalue weighted by Crippen LogP contribution is 2.53. The fourth-order valence-electron chi connectivity index (χ4n) is 11.4. The number of hydrogen-bond acceptors (Lipinski definition) is 1. The Labute approximate surface area is 353 Å². The molecule has 0 N–H and O–H groups in total. The van der Waals surface area contributed by atoms with Crippen LogP contribution in [0.2, 0.25) is 0 Å². The van der Waals surface area contributed by atoms with E-state index < -0.39 is 0 Å². The Balaban J connectivity index is 1.12. The zero-order chi connectivity index (χ0) is 40.5. The molecule has 0 spiro atoms. The molecule has 0 saturated carbocycles. The summed E-state index contributed by atoms with van der Waals surface area (Å²) in [6.45, 7) is 9.53. The van der Waals surface area contributed by atoms with Gasteiger partial charge in [0.15, 0.2) is 0 Å². The first-order valence-electron chi connectivity index (χ1n) is 21.6. The van der Waals surface area contributed by atoms with Crippen LogP contribution in [0, 0.1) is 0 Å². The number of rotatable bonds is 3. The van der Waals surface area contributed by atoms with Crippen molar-refractivity contribution in [2.45, 2.75) is 51.4 Å². The van der Waals surface area contributed by atoms with Crippen molar-refractivity contribution in [1.29, 1.82) is 0 Å². The predicted octanol–water partition coefficient (Wildman–Crippen LogP) is 15.5. The molecule has 1 aliphatic heterocycles. The lowest BCUT2D eigenvalue weighted by atomic mass is 9.80. The summed E-state index contributed by atoms with van der Waals surface area (Å²) in [4.78, 5) is 2.41. The average Bonchev–Trinajstić information content (AvgIpc) is 3.58. The maximum atomic E-state index is 2.51. The molecule has 3 aliphatic rings. The van der Waals surface area contributed by atoms with Crippen molar-refractivity contribution in [3.05, 3.63) is 203 Å². The highest BCUT2D eigenvalue weighted by molar-refractivity contribution is 6.22. The number of hydrogen-bond donors (Lipinski definition) is 0. The van der Waals surface area contributed by atoms with Gasteiger partial charge in [-0.1, -0.05) is 167 Å². The second-order valence-electron chi connectivity index (χ2n) is 18.4. The van der Waals surface area contributed by atoms with Gasteiger partial charge >= 0.3 is 0 Å². The van der Waals surface area contributed by atoms with Crippen LogP contribution in [0.1, 0.15) is 61.1 Å². The van der Waals surface area contributed by atoms with Gasteiger partial charge in [0.2, 0.25) is 0 Å². The van der Waals surface area contributed by atoms with Crippen LogP contribution in [0.15, 0.2) is 170 Å². The summed E-state index contributed by atoms with van der Waals surface area (Å²) in [5.74, 6) is 0. The number of anilines is 2. The Kier molecular flexibility index (Phi) is 7.44. The second kappa shape index (κ2) is 12.7. The summed E-state index contributed by atoms with van der Waals surface area (Å²) in [7, 11) is 2.24. The van der Waals surface area contributed by atoms with Gasteiger partial charge in [-0.2, -0.15) is 0 Å². The van der Waals surface area contributed by atoms with Crippen molar-refractivity contribution < 1.29 is 0 Å². The topological polar surface area (TPSA) is 3.24 Å². The fraction of sp³-hybridized carbons (Fsp3) is 0.153. The lowest BCUT2D eigenvalue weighted by Gasteiger charge is -2.24. The average molecular weight is 770 g/mol. The Bertz CT molecular complexity index is 3280. The van der Waals surface area contributed by atoms with E-state index in [2.05, 4.69) is 210 Å². The first-order valence-corrected chi connectivity index (χ1v) is 21.6. The molecule has 60 heavy (non-hydrogen) atoms. The van der Waals surface area contributed by atoms with Gasteiger partial charge in [-0.25, -0.2) is 0 Å².